The normalized spacial score (nSPS) is 33.8. The molecular weight excluding hydrogens is 186 g/mol. The quantitative estimate of drug-likeness (QED) is 0.814. The van der Waals surface area contributed by atoms with E-state index < -0.39 is 0 Å². The Bertz CT molecular complexity index is 344. The van der Waals surface area contributed by atoms with Crippen LogP contribution in [0.4, 0.5) is 0 Å². The first kappa shape index (κ1) is 9.40. The molecule has 3 unspecified atom stereocenters. The van der Waals surface area contributed by atoms with Crippen molar-refractivity contribution in [3.05, 3.63) is 18.0 Å². The summed E-state index contributed by atoms with van der Waals surface area (Å²) in [6.07, 6.45) is 9.88. The Balaban J connectivity index is 1.54. The zero-order chi connectivity index (χ0) is 10.3. The Morgan fingerprint density at radius 1 is 1.47 bits per heavy atom. The molecule has 2 aliphatic rings. The molecule has 0 radical (unpaired) electrons. The topological polar surface area (TPSA) is 29.9 Å². The van der Waals surface area contributed by atoms with Crippen molar-refractivity contribution in [2.75, 3.05) is 0 Å². The average molecular weight is 205 g/mol. The number of nitrogens with one attached hydrogen (secondary N) is 1. The summed E-state index contributed by atoms with van der Waals surface area (Å²) in [7, 11) is 1.97. The summed E-state index contributed by atoms with van der Waals surface area (Å²) in [4.78, 5) is 0. The van der Waals surface area contributed by atoms with Crippen molar-refractivity contribution in [1.29, 1.82) is 0 Å². The van der Waals surface area contributed by atoms with Crippen molar-refractivity contribution < 1.29 is 0 Å². The number of hydrogen-bond acceptors (Lipinski definition) is 2. The summed E-state index contributed by atoms with van der Waals surface area (Å²) in [6.45, 7) is 0.988. The molecular formula is C12H19N3. The van der Waals surface area contributed by atoms with E-state index in [0.717, 1.165) is 24.4 Å². The van der Waals surface area contributed by atoms with Gasteiger partial charge in [-0.3, -0.25) is 4.68 Å². The molecule has 1 aromatic heterocycles. The summed E-state index contributed by atoms with van der Waals surface area (Å²) in [5, 5.41) is 7.88. The summed E-state index contributed by atoms with van der Waals surface area (Å²) in [6, 6.07) is 0.781. The lowest BCUT2D eigenvalue weighted by molar-refractivity contribution is 0.350. The van der Waals surface area contributed by atoms with E-state index in [1.165, 1.54) is 31.2 Å². The van der Waals surface area contributed by atoms with Gasteiger partial charge in [-0.25, -0.2) is 0 Å². The van der Waals surface area contributed by atoms with Crippen molar-refractivity contribution in [2.45, 2.75) is 38.3 Å². The Kier molecular flexibility index (Phi) is 2.28. The highest BCUT2D eigenvalue weighted by molar-refractivity contribution is 5.04. The van der Waals surface area contributed by atoms with Crippen molar-refractivity contribution in [1.82, 2.24) is 15.1 Å². The van der Waals surface area contributed by atoms with E-state index in [4.69, 9.17) is 0 Å². The maximum Gasteiger partial charge on any atom is 0.0534 e. The number of aryl methyl sites for hydroxylation is 1. The Labute approximate surface area is 90.9 Å². The van der Waals surface area contributed by atoms with Crippen LogP contribution in [0.3, 0.4) is 0 Å². The number of nitrogens with zero attached hydrogens (tertiary/aromatic N) is 2. The molecule has 2 aliphatic carbocycles. The third-order valence-electron chi connectivity index (χ3n) is 4.06. The molecule has 1 aromatic rings. The molecule has 0 saturated heterocycles. The number of aromatic nitrogens is 2. The van der Waals surface area contributed by atoms with E-state index in [0.29, 0.717) is 0 Å². The molecule has 0 aliphatic heterocycles. The highest BCUT2D eigenvalue weighted by Gasteiger charge is 2.38. The van der Waals surface area contributed by atoms with Gasteiger partial charge in [-0.05, 0) is 31.1 Å². The Morgan fingerprint density at radius 3 is 3.00 bits per heavy atom. The van der Waals surface area contributed by atoms with Crippen LogP contribution in [0.2, 0.25) is 0 Å². The van der Waals surface area contributed by atoms with Gasteiger partial charge in [0.05, 0.1) is 6.20 Å². The van der Waals surface area contributed by atoms with Crippen molar-refractivity contribution in [3.8, 4) is 0 Å². The lowest BCUT2D eigenvalue weighted by Gasteiger charge is -2.22. The van der Waals surface area contributed by atoms with Crippen molar-refractivity contribution >= 4 is 0 Å². The third kappa shape index (κ3) is 1.81. The number of hydrogen-bond donors (Lipinski definition) is 1. The van der Waals surface area contributed by atoms with Crippen molar-refractivity contribution in [3.63, 3.8) is 0 Å². The third-order valence-corrected chi connectivity index (χ3v) is 4.06. The van der Waals surface area contributed by atoms with Crippen LogP contribution in [0.25, 0.3) is 0 Å². The Morgan fingerprint density at radius 2 is 2.40 bits per heavy atom. The van der Waals surface area contributed by atoms with Gasteiger partial charge in [-0.1, -0.05) is 6.42 Å². The van der Waals surface area contributed by atoms with E-state index in [-0.39, 0.29) is 0 Å². The summed E-state index contributed by atoms with van der Waals surface area (Å²) in [5.41, 5.74) is 1.31. The molecule has 3 nitrogen and oxygen atoms in total. The molecule has 3 atom stereocenters. The molecule has 0 aromatic carbocycles. The highest BCUT2D eigenvalue weighted by atomic mass is 15.2. The van der Waals surface area contributed by atoms with Crippen LogP contribution in [-0.2, 0) is 13.6 Å². The van der Waals surface area contributed by atoms with Crippen LogP contribution in [-0.4, -0.2) is 15.8 Å². The lowest BCUT2D eigenvalue weighted by atomic mass is 9.95. The molecule has 0 spiro atoms. The van der Waals surface area contributed by atoms with Crippen LogP contribution in [0.1, 0.15) is 31.2 Å². The smallest absolute Gasteiger partial charge is 0.0534 e. The van der Waals surface area contributed by atoms with E-state index >= 15 is 0 Å². The standard InChI is InChI=1S/C12H19N3/c1-15-8-10(7-14-15)6-13-12-5-9-2-3-11(12)4-9/h7-9,11-13H,2-6H2,1H3. The van der Waals surface area contributed by atoms with Crippen LogP contribution < -0.4 is 5.32 Å². The molecule has 1 N–H and O–H groups in total. The summed E-state index contributed by atoms with van der Waals surface area (Å²) < 4.78 is 1.87. The van der Waals surface area contributed by atoms with E-state index in [1.54, 1.807) is 0 Å². The summed E-state index contributed by atoms with van der Waals surface area (Å²) in [5.74, 6) is 1.99. The van der Waals surface area contributed by atoms with Crippen LogP contribution in [0.5, 0.6) is 0 Å². The van der Waals surface area contributed by atoms with E-state index in [9.17, 15) is 0 Å². The van der Waals surface area contributed by atoms with Crippen LogP contribution in [0.15, 0.2) is 12.4 Å². The molecule has 3 rings (SSSR count). The predicted octanol–water partition coefficient (Wildman–Crippen LogP) is 1.70. The summed E-state index contributed by atoms with van der Waals surface area (Å²) >= 11 is 0. The fourth-order valence-electron chi connectivity index (χ4n) is 3.31. The first-order valence-electron chi connectivity index (χ1n) is 6.02. The minimum atomic E-state index is 0.781. The van der Waals surface area contributed by atoms with Gasteiger partial charge in [0.15, 0.2) is 0 Å². The maximum absolute atomic E-state index is 4.19. The van der Waals surface area contributed by atoms with Gasteiger partial charge in [-0.15, -0.1) is 0 Å². The molecule has 2 fully saturated rings. The largest absolute Gasteiger partial charge is 0.310 e. The second-order valence-electron chi connectivity index (χ2n) is 5.18. The van der Waals surface area contributed by atoms with Gasteiger partial charge < -0.3 is 5.32 Å². The number of fused-ring (bicyclic) bond motifs is 2. The van der Waals surface area contributed by atoms with Gasteiger partial charge in [0.25, 0.3) is 0 Å². The SMILES string of the molecule is Cn1cc(CNC2CC3CCC2C3)cn1. The minimum absolute atomic E-state index is 0.781. The van der Waals surface area contributed by atoms with Gasteiger partial charge in [-0.2, -0.15) is 5.10 Å². The number of rotatable bonds is 3. The second-order valence-corrected chi connectivity index (χ2v) is 5.18. The first-order valence-corrected chi connectivity index (χ1v) is 6.02. The minimum Gasteiger partial charge on any atom is -0.310 e. The van der Waals surface area contributed by atoms with Gasteiger partial charge in [0.1, 0.15) is 0 Å². The zero-order valence-electron chi connectivity index (χ0n) is 9.32. The van der Waals surface area contributed by atoms with Crippen LogP contribution >= 0.6 is 0 Å². The molecule has 15 heavy (non-hydrogen) atoms. The van der Waals surface area contributed by atoms with E-state index in [1.807, 2.05) is 17.9 Å². The molecule has 3 heteroatoms. The fraction of sp³-hybridized carbons (Fsp3) is 0.750. The Hall–Kier alpha value is -0.830. The van der Waals surface area contributed by atoms with Gasteiger partial charge in [0, 0.05) is 31.4 Å². The molecule has 2 bridgehead atoms. The average Bonchev–Trinajstić information content (AvgIpc) is 2.90. The molecule has 2 saturated carbocycles. The maximum atomic E-state index is 4.19. The second kappa shape index (κ2) is 3.63. The lowest BCUT2D eigenvalue weighted by Crippen LogP contribution is -2.33. The molecule has 0 amide bonds. The zero-order valence-corrected chi connectivity index (χ0v) is 9.32. The monoisotopic (exact) mass is 205 g/mol. The highest BCUT2D eigenvalue weighted by Crippen LogP contribution is 2.44. The predicted molar refractivity (Wildman–Crippen MR) is 59.3 cm³/mol. The fourth-order valence-corrected chi connectivity index (χ4v) is 3.31. The molecule has 1 heterocycles. The van der Waals surface area contributed by atoms with Crippen LogP contribution in [0, 0.1) is 11.8 Å². The van der Waals surface area contributed by atoms with Crippen molar-refractivity contribution in [2.24, 2.45) is 18.9 Å². The van der Waals surface area contributed by atoms with Gasteiger partial charge >= 0.3 is 0 Å². The van der Waals surface area contributed by atoms with E-state index in [2.05, 4.69) is 16.6 Å². The molecule has 82 valence electrons. The first-order chi connectivity index (χ1) is 7.31. The van der Waals surface area contributed by atoms with Gasteiger partial charge in [0.2, 0.25) is 0 Å².